The molecule has 3 N–H and O–H groups in total. The fourth-order valence-electron chi connectivity index (χ4n) is 1.26. The van der Waals surface area contributed by atoms with E-state index in [1.165, 1.54) is 11.3 Å². The molecular formula is C10H18N2O3S2. The largest absolute Gasteiger partial charge is 0.385 e. The van der Waals surface area contributed by atoms with Crippen LogP contribution >= 0.6 is 11.3 Å². The standard InChI is InChI=1S/C10H18N2O3S2/c1-15-7-3-2-6-12-17(13,14)10-5-4-9(8-11)16-10/h4-5,12H,2-3,6-8,11H2,1H3. The summed E-state index contributed by atoms with van der Waals surface area (Å²) in [6.07, 6.45) is 1.61. The molecule has 1 aromatic rings. The molecule has 0 unspecified atom stereocenters. The van der Waals surface area contributed by atoms with Gasteiger partial charge < -0.3 is 10.5 Å². The molecule has 1 aromatic heterocycles. The Labute approximate surface area is 106 Å². The van der Waals surface area contributed by atoms with E-state index in [0.29, 0.717) is 23.9 Å². The van der Waals surface area contributed by atoms with Crippen molar-refractivity contribution in [3.8, 4) is 0 Å². The Morgan fingerprint density at radius 2 is 2.18 bits per heavy atom. The van der Waals surface area contributed by atoms with Gasteiger partial charge in [0.05, 0.1) is 0 Å². The lowest BCUT2D eigenvalue weighted by Crippen LogP contribution is -2.24. The molecule has 0 bridgehead atoms. The lowest BCUT2D eigenvalue weighted by molar-refractivity contribution is 0.193. The Balaban J connectivity index is 2.45. The summed E-state index contributed by atoms with van der Waals surface area (Å²) in [5.41, 5.74) is 5.44. The minimum Gasteiger partial charge on any atom is -0.385 e. The molecule has 0 aromatic carbocycles. The molecule has 5 nitrogen and oxygen atoms in total. The van der Waals surface area contributed by atoms with Crippen LogP contribution in [-0.2, 0) is 21.3 Å². The smallest absolute Gasteiger partial charge is 0.250 e. The van der Waals surface area contributed by atoms with Gasteiger partial charge in [-0.25, -0.2) is 13.1 Å². The maximum absolute atomic E-state index is 11.8. The number of unbranched alkanes of at least 4 members (excludes halogenated alkanes) is 1. The van der Waals surface area contributed by atoms with Crippen LogP contribution in [0.15, 0.2) is 16.3 Å². The minimum absolute atomic E-state index is 0.324. The Kier molecular flexibility index (Phi) is 6.07. The van der Waals surface area contributed by atoms with E-state index in [2.05, 4.69) is 4.72 Å². The van der Waals surface area contributed by atoms with E-state index in [1.54, 1.807) is 19.2 Å². The number of methoxy groups -OCH3 is 1. The van der Waals surface area contributed by atoms with Crippen molar-refractivity contribution in [2.24, 2.45) is 5.73 Å². The summed E-state index contributed by atoms with van der Waals surface area (Å²) in [6, 6.07) is 3.33. The third-order valence-electron chi connectivity index (χ3n) is 2.17. The molecule has 0 aliphatic carbocycles. The molecular weight excluding hydrogens is 260 g/mol. The minimum atomic E-state index is -3.36. The molecule has 0 aliphatic heterocycles. The first-order chi connectivity index (χ1) is 8.10. The molecule has 98 valence electrons. The molecule has 0 fully saturated rings. The van der Waals surface area contributed by atoms with Crippen molar-refractivity contribution in [1.82, 2.24) is 4.72 Å². The van der Waals surface area contributed by atoms with Gasteiger partial charge >= 0.3 is 0 Å². The first-order valence-electron chi connectivity index (χ1n) is 5.37. The molecule has 17 heavy (non-hydrogen) atoms. The molecule has 0 amide bonds. The van der Waals surface area contributed by atoms with Crippen LogP contribution in [0.3, 0.4) is 0 Å². The van der Waals surface area contributed by atoms with E-state index in [0.717, 1.165) is 17.7 Å². The van der Waals surface area contributed by atoms with Crippen LogP contribution in [0.2, 0.25) is 0 Å². The molecule has 7 heteroatoms. The van der Waals surface area contributed by atoms with Gasteiger partial charge in [-0.2, -0.15) is 0 Å². The van der Waals surface area contributed by atoms with E-state index in [4.69, 9.17) is 10.5 Å². The second-order valence-electron chi connectivity index (χ2n) is 3.52. The van der Waals surface area contributed by atoms with Gasteiger partial charge in [-0.1, -0.05) is 0 Å². The van der Waals surface area contributed by atoms with Gasteiger partial charge in [0.25, 0.3) is 0 Å². The highest BCUT2D eigenvalue weighted by Crippen LogP contribution is 2.20. The van der Waals surface area contributed by atoms with Crippen molar-refractivity contribution >= 4 is 21.4 Å². The van der Waals surface area contributed by atoms with E-state index in [1.807, 2.05) is 0 Å². The first kappa shape index (κ1) is 14.6. The first-order valence-corrected chi connectivity index (χ1v) is 7.67. The Hall–Kier alpha value is -0.470. The van der Waals surface area contributed by atoms with Crippen molar-refractivity contribution in [3.05, 3.63) is 17.0 Å². The Bertz CT molecular complexity index is 429. The fraction of sp³-hybridized carbons (Fsp3) is 0.600. The zero-order chi connectivity index (χ0) is 12.7. The van der Waals surface area contributed by atoms with E-state index in [-0.39, 0.29) is 0 Å². The molecule has 0 saturated heterocycles. The molecule has 0 radical (unpaired) electrons. The van der Waals surface area contributed by atoms with Gasteiger partial charge in [-0.15, -0.1) is 11.3 Å². The van der Waals surface area contributed by atoms with Gasteiger partial charge in [0.15, 0.2) is 0 Å². The number of nitrogens with two attached hydrogens (primary N) is 1. The highest BCUT2D eigenvalue weighted by atomic mass is 32.2. The van der Waals surface area contributed by atoms with Gasteiger partial charge in [-0.3, -0.25) is 0 Å². The summed E-state index contributed by atoms with van der Waals surface area (Å²) in [4.78, 5) is 0.866. The Morgan fingerprint density at radius 1 is 1.41 bits per heavy atom. The van der Waals surface area contributed by atoms with Gasteiger partial charge in [0.2, 0.25) is 10.0 Å². The van der Waals surface area contributed by atoms with Crippen molar-refractivity contribution in [3.63, 3.8) is 0 Å². The summed E-state index contributed by atoms with van der Waals surface area (Å²) in [5.74, 6) is 0. The van der Waals surface area contributed by atoms with Crippen LogP contribution in [0.5, 0.6) is 0 Å². The number of sulfonamides is 1. The second-order valence-corrected chi connectivity index (χ2v) is 6.68. The molecule has 0 saturated carbocycles. The predicted molar refractivity (Wildman–Crippen MR) is 68.5 cm³/mol. The Morgan fingerprint density at radius 3 is 2.76 bits per heavy atom. The number of ether oxygens (including phenoxy) is 1. The zero-order valence-electron chi connectivity index (χ0n) is 9.81. The van der Waals surface area contributed by atoms with E-state index < -0.39 is 10.0 Å². The predicted octanol–water partition coefficient (Wildman–Crippen LogP) is 0.912. The molecule has 0 atom stereocenters. The topological polar surface area (TPSA) is 81.4 Å². The van der Waals surface area contributed by atoms with Gasteiger partial charge in [0, 0.05) is 31.7 Å². The maximum atomic E-state index is 11.8. The number of hydrogen-bond acceptors (Lipinski definition) is 5. The quantitative estimate of drug-likeness (QED) is 0.693. The SMILES string of the molecule is COCCCCNS(=O)(=O)c1ccc(CN)s1. The number of nitrogens with one attached hydrogen (secondary N) is 1. The molecule has 0 spiro atoms. The average Bonchev–Trinajstić information content (AvgIpc) is 2.78. The molecule has 0 aliphatic rings. The second kappa shape index (κ2) is 7.07. The van der Waals surface area contributed by atoms with Crippen LogP contribution in [-0.4, -0.2) is 28.7 Å². The maximum Gasteiger partial charge on any atom is 0.250 e. The highest BCUT2D eigenvalue weighted by molar-refractivity contribution is 7.91. The summed E-state index contributed by atoms with van der Waals surface area (Å²) >= 11 is 1.21. The summed E-state index contributed by atoms with van der Waals surface area (Å²) in [6.45, 7) is 1.45. The van der Waals surface area contributed by atoms with Gasteiger partial charge in [0.1, 0.15) is 4.21 Å². The molecule has 1 heterocycles. The van der Waals surface area contributed by atoms with Crippen molar-refractivity contribution in [2.45, 2.75) is 23.6 Å². The lowest BCUT2D eigenvalue weighted by atomic mass is 10.3. The lowest BCUT2D eigenvalue weighted by Gasteiger charge is -2.04. The summed E-state index contributed by atoms with van der Waals surface area (Å²) in [7, 11) is -1.74. The van der Waals surface area contributed by atoms with Crippen molar-refractivity contribution in [1.29, 1.82) is 0 Å². The van der Waals surface area contributed by atoms with E-state index in [9.17, 15) is 8.42 Å². The van der Waals surface area contributed by atoms with Crippen molar-refractivity contribution < 1.29 is 13.2 Å². The van der Waals surface area contributed by atoms with Gasteiger partial charge in [-0.05, 0) is 25.0 Å². The third-order valence-corrected chi connectivity index (χ3v) is 5.23. The molecule has 1 rings (SSSR count). The average molecular weight is 278 g/mol. The van der Waals surface area contributed by atoms with Crippen LogP contribution in [0.1, 0.15) is 17.7 Å². The van der Waals surface area contributed by atoms with Crippen LogP contribution in [0.4, 0.5) is 0 Å². The monoisotopic (exact) mass is 278 g/mol. The van der Waals surface area contributed by atoms with Crippen LogP contribution in [0.25, 0.3) is 0 Å². The fourth-order valence-corrected chi connectivity index (χ4v) is 3.61. The number of hydrogen-bond donors (Lipinski definition) is 2. The van der Waals surface area contributed by atoms with Crippen LogP contribution < -0.4 is 10.5 Å². The van der Waals surface area contributed by atoms with Crippen LogP contribution in [0, 0.1) is 0 Å². The van der Waals surface area contributed by atoms with E-state index >= 15 is 0 Å². The number of rotatable bonds is 8. The summed E-state index contributed by atoms with van der Waals surface area (Å²) < 4.78 is 31.4. The third kappa shape index (κ3) is 4.72. The zero-order valence-corrected chi connectivity index (χ0v) is 11.4. The normalized spacial score (nSPS) is 11.9. The highest BCUT2D eigenvalue weighted by Gasteiger charge is 2.15. The summed E-state index contributed by atoms with van der Waals surface area (Å²) in [5, 5.41) is 0. The number of thiophene rings is 1. The van der Waals surface area contributed by atoms with Crippen molar-refractivity contribution in [2.75, 3.05) is 20.3 Å².